The van der Waals surface area contributed by atoms with Gasteiger partial charge >= 0.3 is 11.9 Å². The topological polar surface area (TPSA) is 88.2 Å². The summed E-state index contributed by atoms with van der Waals surface area (Å²) in [4.78, 5) is 40.7. The van der Waals surface area contributed by atoms with Crippen molar-refractivity contribution in [3.63, 3.8) is 0 Å². The molecule has 3 aromatic rings. The van der Waals surface area contributed by atoms with Crippen LogP contribution in [0.4, 0.5) is 11.4 Å². The van der Waals surface area contributed by atoms with Gasteiger partial charge in [0.2, 0.25) is 0 Å². The number of rotatable bonds is 8. The third-order valence-electron chi connectivity index (χ3n) is 6.01. The van der Waals surface area contributed by atoms with Gasteiger partial charge in [-0.25, -0.2) is 9.59 Å². The van der Waals surface area contributed by atoms with Gasteiger partial charge in [0.25, 0.3) is 5.91 Å². The number of hydrogen-bond donors (Lipinski definition) is 1. The Hall–Kier alpha value is -4.17. The molecule has 4 rings (SSSR count). The van der Waals surface area contributed by atoms with Crippen LogP contribution in [-0.2, 0) is 20.8 Å². The van der Waals surface area contributed by atoms with E-state index in [1.54, 1.807) is 0 Å². The van der Waals surface area contributed by atoms with E-state index in [4.69, 9.17) is 4.74 Å². The van der Waals surface area contributed by atoms with Crippen LogP contribution in [0.5, 0.6) is 0 Å². The van der Waals surface area contributed by atoms with Gasteiger partial charge in [-0.1, -0.05) is 30.3 Å². The molecule has 0 saturated carbocycles. The molecule has 0 spiro atoms. The molecule has 1 aliphatic rings. The lowest BCUT2D eigenvalue weighted by molar-refractivity contribution is -0.119. The standard InChI is InChI=1S/C28H29N3O5/c1-35-27(33)22-7-9-23(10-8-22)28(34)36-20-26(32)29-24-11-13-25(14-12-24)31-17-15-30(16-18-31)19-21-5-3-2-4-6-21/h2-14H,15-20H2,1H3,(H,29,32). The monoisotopic (exact) mass is 487 g/mol. The molecule has 8 nitrogen and oxygen atoms in total. The molecule has 1 heterocycles. The number of hydrogen-bond acceptors (Lipinski definition) is 7. The molecule has 1 fully saturated rings. The predicted molar refractivity (Wildman–Crippen MR) is 137 cm³/mol. The van der Waals surface area contributed by atoms with E-state index < -0.39 is 24.5 Å². The first kappa shape index (κ1) is 24.9. The lowest BCUT2D eigenvalue weighted by Gasteiger charge is -2.36. The second kappa shape index (κ2) is 12.0. The van der Waals surface area contributed by atoms with Gasteiger partial charge in [0.1, 0.15) is 0 Å². The van der Waals surface area contributed by atoms with E-state index in [9.17, 15) is 14.4 Å². The van der Waals surface area contributed by atoms with Gasteiger partial charge in [-0.05, 0) is 54.1 Å². The Morgan fingerprint density at radius 3 is 2.00 bits per heavy atom. The normalized spacial score (nSPS) is 13.6. The number of ether oxygens (including phenoxy) is 2. The Bertz CT molecular complexity index is 1170. The van der Waals surface area contributed by atoms with Crippen molar-refractivity contribution in [3.8, 4) is 0 Å². The Labute approximate surface area is 210 Å². The fourth-order valence-electron chi connectivity index (χ4n) is 4.03. The molecular weight excluding hydrogens is 458 g/mol. The number of carbonyl (C=O) groups is 3. The van der Waals surface area contributed by atoms with E-state index in [2.05, 4.69) is 44.1 Å². The van der Waals surface area contributed by atoms with Gasteiger partial charge in [0.15, 0.2) is 6.61 Å². The Morgan fingerprint density at radius 2 is 1.39 bits per heavy atom. The number of esters is 2. The van der Waals surface area contributed by atoms with E-state index in [-0.39, 0.29) is 5.56 Å². The van der Waals surface area contributed by atoms with Crippen molar-refractivity contribution in [1.29, 1.82) is 0 Å². The number of piperazine rings is 1. The van der Waals surface area contributed by atoms with E-state index in [0.717, 1.165) is 38.4 Å². The summed E-state index contributed by atoms with van der Waals surface area (Å²) < 4.78 is 9.71. The molecule has 1 aliphatic heterocycles. The van der Waals surface area contributed by atoms with Crippen molar-refractivity contribution >= 4 is 29.2 Å². The molecule has 0 aromatic heterocycles. The van der Waals surface area contributed by atoms with E-state index >= 15 is 0 Å². The lowest BCUT2D eigenvalue weighted by Crippen LogP contribution is -2.45. The van der Waals surface area contributed by atoms with Gasteiger partial charge in [-0.3, -0.25) is 9.69 Å². The molecule has 1 N–H and O–H groups in total. The van der Waals surface area contributed by atoms with Gasteiger partial charge in [0.05, 0.1) is 18.2 Å². The molecule has 0 atom stereocenters. The summed E-state index contributed by atoms with van der Waals surface area (Å²) >= 11 is 0. The molecule has 8 heteroatoms. The van der Waals surface area contributed by atoms with E-state index in [0.29, 0.717) is 11.3 Å². The summed E-state index contributed by atoms with van der Waals surface area (Å²) in [6, 6.07) is 24.0. The number of nitrogens with one attached hydrogen (secondary N) is 1. The fourth-order valence-corrected chi connectivity index (χ4v) is 4.03. The van der Waals surface area contributed by atoms with Gasteiger partial charge in [0, 0.05) is 44.1 Å². The van der Waals surface area contributed by atoms with Crippen molar-refractivity contribution in [2.45, 2.75) is 6.54 Å². The summed E-state index contributed by atoms with van der Waals surface area (Å²) in [7, 11) is 1.28. The molecule has 36 heavy (non-hydrogen) atoms. The molecule has 1 amide bonds. The first-order valence-electron chi connectivity index (χ1n) is 11.8. The highest BCUT2D eigenvalue weighted by Crippen LogP contribution is 2.20. The molecular formula is C28H29N3O5. The van der Waals surface area contributed by atoms with Crippen LogP contribution in [0.25, 0.3) is 0 Å². The number of amides is 1. The van der Waals surface area contributed by atoms with E-state index in [1.165, 1.54) is 36.9 Å². The highest BCUT2D eigenvalue weighted by molar-refractivity contribution is 5.96. The van der Waals surface area contributed by atoms with Crippen LogP contribution in [0.3, 0.4) is 0 Å². The zero-order valence-electron chi connectivity index (χ0n) is 20.2. The van der Waals surface area contributed by atoms with E-state index in [1.807, 2.05) is 30.3 Å². The molecule has 186 valence electrons. The fraction of sp³-hybridized carbons (Fsp3) is 0.250. The van der Waals surface area contributed by atoms with Crippen LogP contribution in [0, 0.1) is 0 Å². The predicted octanol–water partition coefficient (Wildman–Crippen LogP) is 3.59. The van der Waals surface area contributed by atoms with Crippen LogP contribution in [0.1, 0.15) is 26.3 Å². The van der Waals surface area contributed by atoms with Crippen LogP contribution in [0.2, 0.25) is 0 Å². The average molecular weight is 488 g/mol. The molecule has 0 aliphatic carbocycles. The number of nitrogens with zero attached hydrogens (tertiary/aromatic N) is 2. The Morgan fingerprint density at radius 1 is 0.778 bits per heavy atom. The minimum atomic E-state index is -0.650. The highest BCUT2D eigenvalue weighted by atomic mass is 16.5. The highest BCUT2D eigenvalue weighted by Gasteiger charge is 2.18. The zero-order valence-corrected chi connectivity index (χ0v) is 20.2. The molecule has 0 bridgehead atoms. The second-order valence-electron chi connectivity index (χ2n) is 8.49. The van der Waals surface area contributed by atoms with Gasteiger partial charge in [-0.2, -0.15) is 0 Å². The summed E-state index contributed by atoms with van der Waals surface area (Å²) in [5.74, 6) is -1.58. The third-order valence-corrected chi connectivity index (χ3v) is 6.01. The third kappa shape index (κ3) is 6.70. The largest absolute Gasteiger partial charge is 0.465 e. The van der Waals surface area contributed by atoms with Gasteiger partial charge in [-0.15, -0.1) is 0 Å². The van der Waals surface area contributed by atoms with Crippen LogP contribution in [-0.4, -0.2) is 62.6 Å². The summed E-state index contributed by atoms with van der Waals surface area (Å²) in [5.41, 5.74) is 3.63. The molecule has 3 aromatic carbocycles. The maximum absolute atomic E-state index is 12.2. The maximum Gasteiger partial charge on any atom is 0.338 e. The SMILES string of the molecule is COC(=O)c1ccc(C(=O)OCC(=O)Nc2ccc(N3CCN(Cc4ccccc4)CC3)cc2)cc1. The second-order valence-corrected chi connectivity index (χ2v) is 8.49. The van der Waals surface area contributed by atoms with Gasteiger partial charge < -0.3 is 19.7 Å². The average Bonchev–Trinajstić information content (AvgIpc) is 2.93. The first-order valence-corrected chi connectivity index (χ1v) is 11.8. The number of carbonyl (C=O) groups excluding carboxylic acids is 3. The first-order chi connectivity index (χ1) is 17.5. The summed E-state index contributed by atoms with van der Waals surface area (Å²) in [6.45, 7) is 4.41. The Balaban J connectivity index is 1.21. The smallest absolute Gasteiger partial charge is 0.338 e. The zero-order chi connectivity index (χ0) is 25.3. The van der Waals surface area contributed by atoms with Crippen molar-refractivity contribution < 1.29 is 23.9 Å². The van der Waals surface area contributed by atoms with Crippen LogP contribution in [0.15, 0.2) is 78.9 Å². The Kier molecular flexibility index (Phi) is 8.31. The van der Waals surface area contributed by atoms with Crippen LogP contribution < -0.4 is 10.2 Å². The van der Waals surface area contributed by atoms with Crippen molar-refractivity contribution in [2.75, 3.05) is 50.1 Å². The minimum Gasteiger partial charge on any atom is -0.465 e. The lowest BCUT2D eigenvalue weighted by atomic mass is 10.1. The van der Waals surface area contributed by atoms with Crippen LogP contribution >= 0.6 is 0 Å². The van der Waals surface area contributed by atoms with Crippen molar-refractivity contribution in [1.82, 2.24) is 4.90 Å². The summed E-state index contributed by atoms with van der Waals surface area (Å²) in [5, 5.41) is 2.74. The number of benzene rings is 3. The number of anilines is 2. The molecule has 1 saturated heterocycles. The molecule has 0 unspecified atom stereocenters. The summed E-state index contributed by atoms with van der Waals surface area (Å²) in [6.07, 6.45) is 0. The molecule has 0 radical (unpaired) electrons. The van der Waals surface area contributed by atoms with Crippen molar-refractivity contribution in [3.05, 3.63) is 95.6 Å². The van der Waals surface area contributed by atoms with Crippen molar-refractivity contribution in [2.24, 2.45) is 0 Å². The quantitative estimate of drug-likeness (QED) is 0.486. The number of methoxy groups -OCH3 is 1. The maximum atomic E-state index is 12.2. The minimum absolute atomic E-state index is 0.240.